The topological polar surface area (TPSA) is 189 Å². The molecule has 27 heavy (non-hydrogen) atoms. The van der Waals surface area contributed by atoms with Crippen molar-refractivity contribution >= 4 is 29.7 Å². The first kappa shape index (κ1) is 22.7. The fourth-order valence-electron chi connectivity index (χ4n) is 2.47. The van der Waals surface area contributed by atoms with Crippen LogP contribution in [0.2, 0.25) is 0 Å². The number of rotatable bonds is 13. The molecule has 1 aliphatic rings. The Morgan fingerprint density at radius 2 is 1.89 bits per heavy atom. The zero-order valence-corrected chi connectivity index (χ0v) is 15.1. The zero-order chi connectivity index (χ0) is 20.3. The van der Waals surface area contributed by atoms with Crippen LogP contribution in [-0.2, 0) is 28.7 Å². The normalized spacial score (nSPS) is 16.8. The highest BCUT2D eigenvalue weighted by atomic mass is 16.5. The van der Waals surface area contributed by atoms with Gasteiger partial charge in [-0.05, 0) is 12.8 Å². The molecular weight excluding hydrogens is 358 g/mol. The maximum absolute atomic E-state index is 11.8. The zero-order valence-electron chi connectivity index (χ0n) is 15.1. The van der Waals surface area contributed by atoms with Gasteiger partial charge in [0.25, 0.3) is 0 Å². The smallest absolute Gasteiger partial charge is 0.239 e. The Morgan fingerprint density at radius 3 is 2.48 bits per heavy atom. The molecule has 1 amide bonds. The second-order valence-electron chi connectivity index (χ2n) is 6.01. The Kier molecular flexibility index (Phi) is 9.54. The van der Waals surface area contributed by atoms with Crippen molar-refractivity contribution in [3.63, 3.8) is 0 Å². The highest BCUT2D eigenvalue weighted by Crippen LogP contribution is 2.24. The quantitative estimate of drug-likeness (QED) is 0.0864. The summed E-state index contributed by atoms with van der Waals surface area (Å²) >= 11 is 0. The Balaban J connectivity index is 2.12. The van der Waals surface area contributed by atoms with Gasteiger partial charge in [-0.2, -0.15) is 0 Å². The lowest BCUT2D eigenvalue weighted by Crippen LogP contribution is -2.46. The second-order valence-corrected chi connectivity index (χ2v) is 6.01. The highest BCUT2D eigenvalue weighted by Gasteiger charge is 2.50. The first-order valence-corrected chi connectivity index (χ1v) is 8.67. The lowest BCUT2D eigenvalue weighted by molar-refractivity contribution is -0.156. The third-order valence-electron chi connectivity index (χ3n) is 3.98. The highest BCUT2D eigenvalue weighted by molar-refractivity contribution is 6.26. The van der Waals surface area contributed by atoms with E-state index in [1.54, 1.807) is 0 Å². The van der Waals surface area contributed by atoms with Crippen LogP contribution < -0.4 is 22.5 Å². The molecule has 0 aromatic heterocycles. The molecule has 7 N–H and O–H groups in total. The largest absolute Gasteiger partial charge is 0.377 e. The number of ether oxygens (including phenoxy) is 2. The Bertz CT molecular complexity index is 560. The van der Waals surface area contributed by atoms with Crippen molar-refractivity contribution in [1.82, 2.24) is 5.32 Å². The molecule has 0 bridgehead atoms. The number of aldehydes is 1. The van der Waals surface area contributed by atoms with E-state index in [0.717, 1.165) is 0 Å². The van der Waals surface area contributed by atoms with Crippen molar-refractivity contribution in [2.75, 3.05) is 32.9 Å². The molecule has 1 aliphatic carbocycles. The van der Waals surface area contributed by atoms with Gasteiger partial charge in [0.05, 0.1) is 25.9 Å². The van der Waals surface area contributed by atoms with Crippen LogP contribution in [0, 0.1) is 0 Å². The fraction of sp³-hybridized carbons (Fsp3) is 0.688. The monoisotopic (exact) mass is 385 g/mol. The van der Waals surface area contributed by atoms with Gasteiger partial charge in [-0.15, -0.1) is 0 Å². The average molecular weight is 385 g/mol. The third kappa shape index (κ3) is 7.04. The lowest BCUT2D eigenvalue weighted by Gasteiger charge is -2.19. The summed E-state index contributed by atoms with van der Waals surface area (Å²) in [5.41, 5.74) is 14.2. The Morgan fingerprint density at radius 1 is 1.22 bits per heavy atom. The van der Waals surface area contributed by atoms with Crippen LogP contribution in [0.3, 0.4) is 0 Å². The molecule has 0 aromatic rings. The number of carbonyl (C=O) groups excluding carboxylic acids is 4. The van der Waals surface area contributed by atoms with Gasteiger partial charge in [0.1, 0.15) is 0 Å². The average Bonchev–Trinajstić information content (AvgIpc) is 2.92. The number of nitrogens with zero attached hydrogens (tertiary/aromatic N) is 1. The summed E-state index contributed by atoms with van der Waals surface area (Å²) in [4.78, 5) is 50.0. The molecule has 152 valence electrons. The maximum atomic E-state index is 11.8. The van der Waals surface area contributed by atoms with E-state index in [0.29, 0.717) is 19.4 Å². The summed E-state index contributed by atoms with van der Waals surface area (Å²) in [6, 6.07) is -0.672. The van der Waals surface area contributed by atoms with Crippen LogP contribution >= 0.6 is 0 Å². The Labute approximate surface area is 157 Å². The number of hydrogen-bond donors (Lipinski definition) is 4. The van der Waals surface area contributed by atoms with E-state index in [1.807, 2.05) is 0 Å². The van der Waals surface area contributed by atoms with Gasteiger partial charge in [0, 0.05) is 25.9 Å². The number of nitrogens with two attached hydrogens (primary N) is 3. The van der Waals surface area contributed by atoms with Crippen LogP contribution in [0.1, 0.15) is 25.7 Å². The summed E-state index contributed by atoms with van der Waals surface area (Å²) in [5, 5.41) is 2.62. The van der Waals surface area contributed by atoms with Crippen LogP contribution in [0.25, 0.3) is 0 Å². The number of aliphatic imine (C=N–C) groups is 1. The third-order valence-corrected chi connectivity index (χ3v) is 3.98. The SMILES string of the molecule is NC(N)=NCCC[C@H](N)C(=O)NCCOCCOC1(C=O)C(=O)CCC1=O. The van der Waals surface area contributed by atoms with E-state index in [-0.39, 0.29) is 57.4 Å². The van der Waals surface area contributed by atoms with Gasteiger partial charge < -0.3 is 32.0 Å². The summed E-state index contributed by atoms with van der Waals surface area (Å²) in [5.74, 6) is -1.37. The van der Waals surface area contributed by atoms with Crippen LogP contribution in [0.4, 0.5) is 0 Å². The van der Waals surface area contributed by atoms with Crippen molar-refractivity contribution in [2.45, 2.75) is 37.3 Å². The number of Topliss-reactive ketones (excluding diaryl/α,β-unsaturated/α-hetero) is 2. The first-order valence-electron chi connectivity index (χ1n) is 8.67. The van der Waals surface area contributed by atoms with E-state index in [4.69, 9.17) is 26.7 Å². The first-order chi connectivity index (χ1) is 12.8. The van der Waals surface area contributed by atoms with Gasteiger partial charge in [-0.1, -0.05) is 0 Å². The van der Waals surface area contributed by atoms with Gasteiger partial charge in [-0.25, -0.2) is 0 Å². The summed E-state index contributed by atoms with van der Waals surface area (Å²) in [6.45, 7) is 0.799. The second kappa shape index (κ2) is 11.4. The predicted octanol–water partition coefficient (Wildman–Crippen LogP) is -2.61. The molecule has 1 atom stereocenters. The number of ketones is 2. The molecule has 0 aliphatic heterocycles. The maximum Gasteiger partial charge on any atom is 0.239 e. The van der Waals surface area contributed by atoms with Crippen LogP contribution in [-0.4, -0.2) is 74.3 Å². The molecule has 0 radical (unpaired) electrons. The van der Waals surface area contributed by atoms with Crippen LogP contribution in [0.15, 0.2) is 4.99 Å². The molecular formula is C16H27N5O6. The lowest BCUT2D eigenvalue weighted by atomic mass is 10.0. The van der Waals surface area contributed by atoms with E-state index in [9.17, 15) is 19.2 Å². The molecule has 1 saturated carbocycles. The summed E-state index contributed by atoms with van der Waals surface area (Å²) < 4.78 is 10.4. The minimum atomic E-state index is -1.97. The van der Waals surface area contributed by atoms with Crippen molar-refractivity contribution in [2.24, 2.45) is 22.2 Å². The van der Waals surface area contributed by atoms with Crippen molar-refractivity contribution in [1.29, 1.82) is 0 Å². The number of hydrogen-bond acceptors (Lipinski definition) is 8. The number of guanidine groups is 1. The summed E-state index contributed by atoms with van der Waals surface area (Å²) in [7, 11) is 0. The fourth-order valence-corrected chi connectivity index (χ4v) is 2.47. The van der Waals surface area contributed by atoms with E-state index in [1.165, 1.54) is 0 Å². The van der Waals surface area contributed by atoms with Gasteiger partial charge in [-0.3, -0.25) is 24.2 Å². The molecule has 0 spiro atoms. The molecule has 11 nitrogen and oxygen atoms in total. The van der Waals surface area contributed by atoms with E-state index in [2.05, 4.69) is 10.3 Å². The van der Waals surface area contributed by atoms with E-state index < -0.39 is 23.2 Å². The molecule has 0 aromatic carbocycles. The minimum Gasteiger partial charge on any atom is -0.377 e. The Hall–Kier alpha value is -2.37. The number of nitrogens with one attached hydrogen (secondary N) is 1. The van der Waals surface area contributed by atoms with E-state index >= 15 is 0 Å². The van der Waals surface area contributed by atoms with Crippen LogP contribution in [0.5, 0.6) is 0 Å². The van der Waals surface area contributed by atoms with Gasteiger partial charge in [0.2, 0.25) is 11.5 Å². The van der Waals surface area contributed by atoms with Gasteiger partial charge in [0.15, 0.2) is 23.8 Å². The van der Waals surface area contributed by atoms with Gasteiger partial charge >= 0.3 is 0 Å². The van der Waals surface area contributed by atoms with Crippen molar-refractivity contribution in [3.05, 3.63) is 0 Å². The molecule has 0 unspecified atom stereocenters. The molecule has 11 heteroatoms. The summed E-state index contributed by atoms with van der Waals surface area (Å²) in [6.07, 6.45) is 1.29. The van der Waals surface area contributed by atoms with Crippen molar-refractivity contribution in [3.8, 4) is 0 Å². The standard InChI is InChI=1S/C16H27N5O6/c17-11(2-1-5-21-15(18)19)14(25)20-6-7-26-8-9-27-16(10-22)12(23)3-4-13(16)24/h10-11H,1-9,17H2,(H,20,25)(H4,18,19,21)/t11-/m0/s1. The number of amides is 1. The number of carbonyl (C=O) groups is 4. The molecule has 1 fully saturated rings. The molecule has 1 rings (SSSR count). The molecule has 0 heterocycles. The minimum absolute atomic E-state index is 0.00474. The molecule has 0 saturated heterocycles. The van der Waals surface area contributed by atoms with Crippen molar-refractivity contribution < 1.29 is 28.7 Å². The predicted molar refractivity (Wildman–Crippen MR) is 95.7 cm³/mol.